The number of nitrogens with one attached hydrogen (secondary N) is 1. The molecular weight excluding hydrogens is 479 g/mol. The van der Waals surface area contributed by atoms with Gasteiger partial charge in [-0.25, -0.2) is 19.0 Å². The number of hydrogen-bond acceptors (Lipinski definition) is 8. The second-order valence-corrected chi connectivity index (χ2v) is 10.3. The zero-order chi connectivity index (χ0) is 26.6. The van der Waals surface area contributed by atoms with Crippen molar-refractivity contribution in [1.82, 2.24) is 19.8 Å². The number of carbonyl (C=O) groups excluding carboxylic acids is 2. The first-order chi connectivity index (χ1) is 17.6. The first-order valence-corrected chi connectivity index (χ1v) is 12.5. The van der Waals surface area contributed by atoms with E-state index < -0.39 is 18.4 Å². The van der Waals surface area contributed by atoms with Crippen molar-refractivity contribution >= 4 is 24.0 Å². The Morgan fingerprint density at radius 3 is 2.54 bits per heavy atom. The normalized spacial score (nSPS) is 17.2. The zero-order valence-electron chi connectivity index (χ0n) is 21.9. The maximum Gasteiger partial charge on any atom is 0.415 e. The molecule has 10 nitrogen and oxygen atoms in total. The molecule has 1 saturated heterocycles. The summed E-state index contributed by atoms with van der Waals surface area (Å²) in [6.07, 6.45) is 0.737. The molecule has 0 bridgehead atoms. The fraction of sp³-hybridized carbons (Fsp3) is 0.538. The molecule has 4 rings (SSSR count). The van der Waals surface area contributed by atoms with Crippen molar-refractivity contribution in [2.75, 3.05) is 49.6 Å². The van der Waals surface area contributed by atoms with Crippen LogP contribution in [0.15, 0.2) is 30.5 Å². The largest absolute Gasteiger partial charge is 0.444 e. The summed E-state index contributed by atoms with van der Waals surface area (Å²) in [6, 6.07) is 8.24. The third-order valence-electron chi connectivity index (χ3n) is 6.23. The SMILES string of the molecule is CC(Nc1ncc2c(n1)N(CCF)C(=O)OC2)c1ccc(CN2CCN(C(=O)OC(C)(C)C)CC2)cc1. The van der Waals surface area contributed by atoms with Gasteiger partial charge in [-0.2, -0.15) is 4.98 Å². The number of fused-ring (bicyclic) bond motifs is 1. The fourth-order valence-corrected chi connectivity index (χ4v) is 4.25. The molecule has 0 aliphatic carbocycles. The standard InChI is InChI=1S/C26H35FN6O4/c1-18(29-23-28-15-21-17-36-25(35)33(10-9-27)22(21)30-23)20-7-5-19(6-8-20)16-31-11-13-32(14-12-31)24(34)37-26(2,3)4/h5-8,15,18H,9-14,16-17H2,1-4H3,(H,28,29,30). The van der Waals surface area contributed by atoms with Crippen LogP contribution >= 0.6 is 0 Å². The number of ether oxygens (including phenoxy) is 2. The summed E-state index contributed by atoms with van der Waals surface area (Å²) in [7, 11) is 0. The summed E-state index contributed by atoms with van der Waals surface area (Å²) >= 11 is 0. The van der Waals surface area contributed by atoms with Crippen LogP contribution in [0.25, 0.3) is 0 Å². The molecule has 1 unspecified atom stereocenters. The topological polar surface area (TPSA) is 100 Å². The van der Waals surface area contributed by atoms with E-state index >= 15 is 0 Å². The summed E-state index contributed by atoms with van der Waals surface area (Å²) in [4.78, 5) is 38.3. The molecule has 2 aromatic rings. The summed E-state index contributed by atoms with van der Waals surface area (Å²) in [6.45, 7) is 10.6. The number of amides is 2. The van der Waals surface area contributed by atoms with Crippen LogP contribution in [0.3, 0.4) is 0 Å². The van der Waals surface area contributed by atoms with Gasteiger partial charge in [-0.1, -0.05) is 24.3 Å². The highest BCUT2D eigenvalue weighted by Gasteiger charge is 2.28. The Balaban J connectivity index is 1.31. The van der Waals surface area contributed by atoms with Crippen molar-refractivity contribution in [2.45, 2.75) is 52.5 Å². The highest BCUT2D eigenvalue weighted by molar-refractivity contribution is 5.89. The number of carbonyl (C=O) groups is 2. The second-order valence-electron chi connectivity index (χ2n) is 10.3. The third-order valence-corrected chi connectivity index (χ3v) is 6.23. The van der Waals surface area contributed by atoms with E-state index in [9.17, 15) is 14.0 Å². The zero-order valence-corrected chi connectivity index (χ0v) is 21.9. The van der Waals surface area contributed by atoms with Gasteiger partial charge in [0.05, 0.1) is 18.2 Å². The van der Waals surface area contributed by atoms with Crippen LogP contribution in [0.1, 0.15) is 50.4 Å². The maximum atomic E-state index is 12.9. The number of piperazine rings is 1. The third kappa shape index (κ3) is 6.85. The van der Waals surface area contributed by atoms with Gasteiger partial charge in [0.1, 0.15) is 24.7 Å². The van der Waals surface area contributed by atoms with Crippen molar-refractivity contribution in [3.8, 4) is 0 Å². The summed E-state index contributed by atoms with van der Waals surface area (Å²) in [5, 5.41) is 3.26. The Labute approximate surface area is 216 Å². The van der Waals surface area contributed by atoms with E-state index in [-0.39, 0.29) is 25.3 Å². The minimum Gasteiger partial charge on any atom is -0.444 e. The molecule has 1 aromatic carbocycles. The van der Waals surface area contributed by atoms with Gasteiger partial charge in [0.25, 0.3) is 0 Å². The molecule has 0 spiro atoms. The average Bonchev–Trinajstić information content (AvgIpc) is 2.86. The predicted octanol–water partition coefficient (Wildman–Crippen LogP) is 4.13. The number of nitrogens with zero attached hydrogens (tertiary/aromatic N) is 5. The highest BCUT2D eigenvalue weighted by Crippen LogP contribution is 2.27. The lowest BCUT2D eigenvalue weighted by Crippen LogP contribution is -2.49. The lowest BCUT2D eigenvalue weighted by Gasteiger charge is -2.35. The number of alkyl halides is 1. The monoisotopic (exact) mass is 514 g/mol. The quantitative estimate of drug-likeness (QED) is 0.589. The fourth-order valence-electron chi connectivity index (χ4n) is 4.25. The molecule has 0 radical (unpaired) electrons. The van der Waals surface area contributed by atoms with Crippen LogP contribution in [0, 0.1) is 0 Å². The number of rotatable bonds is 7. The van der Waals surface area contributed by atoms with Crippen molar-refractivity contribution in [2.24, 2.45) is 0 Å². The van der Waals surface area contributed by atoms with Gasteiger partial charge in [-0.15, -0.1) is 0 Å². The number of cyclic esters (lactones) is 1. The summed E-state index contributed by atoms with van der Waals surface area (Å²) < 4.78 is 23.5. The van der Waals surface area contributed by atoms with E-state index in [0.717, 1.165) is 25.2 Å². The molecule has 37 heavy (non-hydrogen) atoms. The van der Waals surface area contributed by atoms with Gasteiger partial charge in [-0.05, 0) is 38.8 Å². The van der Waals surface area contributed by atoms with Gasteiger partial charge in [0.2, 0.25) is 5.95 Å². The van der Waals surface area contributed by atoms with Crippen LogP contribution in [0.5, 0.6) is 0 Å². The van der Waals surface area contributed by atoms with Crippen molar-refractivity contribution in [1.29, 1.82) is 0 Å². The van der Waals surface area contributed by atoms with Gasteiger partial charge in [0, 0.05) is 38.9 Å². The number of benzene rings is 1. The smallest absolute Gasteiger partial charge is 0.415 e. The van der Waals surface area contributed by atoms with E-state index in [1.807, 2.05) is 27.7 Å². The van der Waals surface area contributed by atoms with Crippen molar-refractivity contribution in [3.63, 3.8) is 0 Å². The molecule has 200 valence electrons. The lowest BCUT2D eigenvalue weighted by molar-refractivity contribution is 0.0139. The number of aromatic nitrogens is 2. The molecule has 3 heterocycles. The minimum absolute atomic E-state index is 0.0737. The minimum atomic E-state index is -0.691. The van der Waals surface area contributed by atoms with Crippen LogP contribution in [-0.2, 0) is 22.6 Å². The van der Waals surface area contributed by atoms with E-state index in [1.54, 1.807) is 11.1 Å². The molecule has 1 atom stereocenters. The first-order valence-electron chi connectivity index (χ1n) is 12.5. The predicted molar refractivity (Wildman–Crippen MR) is 137 cm³/mol. The lowest BCUT2D eigenvalue weighted by atomic mass is 10.1. The maximum absolute atomic E-state index is 12.9. The Hall–Kier alpha value is -3.47. The van der Waals surface area contributed by atoms with Crippen molar-refractivity contribution < 1.29 is 23.5 Å². The number of anilines is 2. The summed E-state index contributed by atoms with van der Waals surface area (Å²) in [5.74, 6) is 0.734. The number of hydrogen-bond donors (Lipinski definition) is 1. The highest BCUT2D eigenvalue weighted by atomic mass is 19.1. The van der Waals surface area contributed by atoms with Gasteiger partial charge in [0.15, 0.2) is 0 Å². The van der Waals surface area contributed by atoms with E-state index in [0.29, 0.717) is 30.4 Å². The first kappa shape index (κ1) is 26.6. The summed E-state index contributed by atoms with van der Waals surface area (Å²) in [5.41, 5.74) is 2.40. The van der Waals surface area contributed by atoms with E-state index in [2.05, 4.69) is 44.5 Å². The molecule has 11 heteroatoms. The van der Waals surface area contributed by atoms with Crippen LogP contribution in [0.2, 0.25) is 0 Å². The van der Waals surface area contributed by atoms with Crippen LogP contribution in [0.4, 0.5) is 25.7 Å². The molecule has 2 aliphatic heterocycles. The second kappa shape index (κ2) is 11.3. The van der Waals surface area contributed by atoms with E-state index in [1.165, 1.54) is 10.5 Å². The molecule has 1 N–H and O–H groups in total. The van der Waals surface area contributed by atoms with Crippen molar-refractivity contribution in [3.05, 3.63) is 47.2 Å². The molecule has 2 aliphatic rings. The Bertz CT molecular complexity index is 1100. The Morgan fingerprint density at radius 2 is 1.89 bits per heavy atom. The van der Waals surface area contributed by atoms with Gasteiger partial charge in [-0.3, -0.25) is 9.80 Å². The number of halogens is 1. The van der Waals surface area contributed by atoms with E-state index in [4.69, 9.17) is 9.47 Å². The molecule has 2 amide bonds. The average molecular weight is 515 g/mol. The van der Waals surface area contributed by atoms with Gasteiger partial charge >= 0.3 is 12.2 Å². The molecule has 0 saturated carbocycles. The molecule has 1 fully saturated rings. The van der Waals surface area contributed by atoms with Crippen LogP contribution in [-0.4, -0.2) is 77.0 Å². The Kier molecular flexibility index (Phi) is 8.11. The Morgan fingerprint density at radius 1 is 1.19 bits per heavy atom. The molecule has 1 aromatic heterocycles. The van der Waals surface area contributed by atoms with Crippen LogP contribution < -0.4 is 10.2 Å². The molecular formula is C26H35FN6O4. The van der Waals surface area contributed by atoms with Gasteiger partial charge < -0.3 is 19.7 Å².